The molecule has 2 aliphatic rings. The van der Waals surface area contributed by atoms with E-state index in [9.17, 15) is 9.59 Å². The first-order chi connectivity index (χ1) is 16.1. The van der Waals surface area contributed by atoms with Crippen LogP contribution in [0.3, 0.4) is 0 Å². The van der Waals surface area contributed by atoms with Crippen LogP contribution in [0.15, 0.2) is 67.0 Å². The minimum atomic E-state index is -0.531. The third-order valence-corrected chi connectivity index (χ3v) is 7.39. The van der Waals surface area contributed by atoms with E-state index in [-0.39, 0.29) is 11.8 Å². The Labute approximate surface area is 191 Å². The van der Waals surface area contributed by atoms with Crippen molar-refractivity contribution >= 4 is 33.6 Å². The van der Waals surface area contributed by atoms with Crippen LogP contribution in [0.4, 0.5) is 0 Å². The predicted octanol–water partition coefficient (Wildman–Crippen LogP) is 2.92. The zero-order valence-corrected chi connectivity index (χ0v) is 18.2. The van der Waals surface area contributed by atoms with Crippen LogP contribution in [-0.4, -0.2) is 41.1 Å². The molecule has 7 nitrogen and oxygen atoms in total. The van der Waals surface area contributed by atoms with Gasteiger partial charge >= 0.3 is 0 Å². The van der Waals surface area contributed by atoms with Crippen LogP contribution in [0, 0.1) is 5.41 Å². The summed E-state index contributed by atoms with van der Waals surface area (Å²) in [6.07, 6.45) is 5.03. The lowest BCUT2D eigenvalue weighted by atomic mass is 9.69. The average Bonchev–Trinajstić information content (AvgIpc) is 3.34. The lowest BCUT2D eigenvalue weighted by Crippen LogP contribution is -2.53. The van der Waals surface area contributed by atoms with E-state index < -0.39 is 11.3 Å². The zero-order valence-electron chi connectivity index (χ0n) is 18.2. The number of benzene rings is 2. The monoisotopic (exact) mass is 439 g/mol. The number of nitrogens with one attached hydrogen (secondary N) is 1. The first kappa shape index (κ1) is 19.8. The molecule has 2 fully saturated rings. The molecule has 2 aromatic heterocycles. The highest BCUT2D eigenvalue weighted by atomic mass is 16.2. The maximum Gasteiger partial charge on any atom is 0.252 e. The van der Waals surface area contributed by atoms with Crippen LogP contribution in [0.2, 0.25) is 0 Å². The number of carbonyl (C=O) groups excluding carboxylic acids is 2. The van der Waals surface area contributed by atoms with E-state index in [2.05, 4.69) is 32.1 Å². The Hall–Kier alpha value is -3.87. The lowest BCUT2D eigenvalue weighted by Gasteiger charge is -2.43. The summed E-state index contributed by atoms with van der Waals surface area (Å²) in [5.74, 6) is -0.303. The van der Waals surface area contributed by atoms with Gasteiger partial charge in [-0.25, -0.2) is 0 Å². The molecule has 2 amide bonds. The van der Waals surface area contributed by atoms with E-state index in [4.69, 9.17) is 5.73 Å². The number of piperidine rings is 1. The Kier molecular flexibility index (Phi) is 4.40. The maximum absolute atomic E-state index is 13.3. The summed E-state index contributed by atoms with van der Waals surface area (Å²) in [5, 5.41) is 7.26. The van der Waals surface area contributed by atoms with Crippen LogP contribution < -0.4 is 16.1 Å². The molecule has 7 heteroatoms. The van der Waals surface area contributed by atoms with E-state index >= 15 is 0 Å². The number of para-hydroxylation sites is 1. The molecule has 0 aliphatic carbocycles. The maximum atomic E-state index is 13.3. The highest BCUT2D eigenvalue weighted by molar-refractivity contribution is 6.15. The number of rotatable bonds is 3. The van der Waals surface area contributed by atoms with Crippen molar-refractivity contribution in [2.75, 3.05) is 24.6 Å². The quantitative estimate of drug-likeness (QED) is 0.513. The standard InChI is InChI=1S/C26H25N5O2/c27-24(32)20-14-28-13-19-18-9-4-5-10-22(18)31(23(19)20)30-12-6-11-26(16-30)21(15-29-25(26)33)17-7-2-1-3-8-17/h1-5,7-10,13-14,21H,6,11-12,15-16H2,(H2,27,32)(H,29,33)/t21-,26-/m1/s1. The molecule has 1 spiro atoms. The van der Waals surface area contributed by atoms with Gasteiger partial charge < -0.3 is 16.1 Å². The van der Waals surface area contributed by atoms with Crippen molar-refractivity contribution in [2.45, 2.75) is 18.8 Å². The van der Waals surface area contributed by atoms with Gasteiger partial charge in [-0.1, -0.05) is 48.5 Å². The Morgan fingerprint density at radius 1 is 1.06 bits per heavy atom. The number of hydrogen-bond acceptors (Lipinski definition) is 4. The van der Waals surface area contributed by atoms with Gasteiger partial charge in [0, 0.05) is 48.7 Å². The molecule has 0 unspecified atom stereocenters. The molecule has 0 bridgehead atoms. The molecule has 33 heavy (non-hydrogen) atoms. The van der Waals surface area contributed by atoms with E-state index in [1.807, 2.05) is 42.5 Å². The molecule has 0 saturated carbocycles. The first-order valence-electron chi connectivity index (χ1n) is 11.4. The summed E-state index contributed by atoms with van der Waals surface area (Å²) in [4.78, 5) is 30.0. The van der Waals surface area contributed by atoms with Crippen molar-refractivity contribution < 1.29 is 9.59 Å². The Bertz CT molecular complexity index is 1400. The van der Waals surface area contributed by atoms with Gasteiger partial charge in [-0.15, -0.1) is 0 Å². The van der Waals surface area contributed by atoms with Crippen LogP contribution in [0.5, 0.6) is 0 Å². The molecule has 4 aromatic rings. The number of fused-ring (bicyclic) bond motifs is 3. The number of nitrogens with two attached hydrogens (primary N) is 1. The summed E-state index contributed by atoms with van der Waals surface area (Å²) < 4.78 is 2.10. The fourth-order valence-electron chi connectivity index (χ4n) is 5.91. The van der Waals surface area contributed by atoms with Crippen molar-refractivity contribution in [1.82, 2.24) is 15.0 Å². The predicted molar refractivity (Wildman–Crippen MR) is 128 cm³/mol. The van der Waals surface area contributed by atoms with Crippen molar-refractivity contribution in [3.63, 3.8) is 0 Å². The zero-order chi connectivity index (χ0) is 22.6. The molecular weight excluding hydrogens is 414 g/mol. The minimum Gasteiger partial charge on any atom is -0.365 e. The second-order valence-electron chi connectivity index (χ2n) is 9.10. The van der Waals surface area contributed by atoms with Gasteiger partial charge in [0.05, 0.1) is 22.0 Å². The first-order valence-corrected chi connectivity index (χ1v) is 11.4. The summed E-state index contributed by atoms with van der Waals surface area (Å²) in [6, 6.07) is 18.4. The number of hydrogen-bond donors (Lipinski definition) is 2. The lowest BCUT2D eigenvalue weighted by molar-refractivity contribution is -0.128. The highest BCUT2D eigenvalue weighted by Gasteiger charge is 2.53. The van der Waals surface area contributed by atoms with Gasteiger partial charge in [0.25, 0.3) is 5.91 Å². The molecule has 2 atom stereocenters. The van der Waals surface area contributed by atoms with Gasteiger partial charge in [0.2, 0.25) is 5.91 Å². The summed E-state index contributed by atoms with van der Waals surface area (Å²) in [7, 11) is 0. The summed E-state index contributed by atoms with van der Waals surface area (Å²) in [5.41, 5.74) is 8.54. The Morgan fingerprint density at radius 3 is 2.67 bits per heavy atom. The normalized spacial score (nSPS) is 22.8. The largest absolute Gasteiger partial charge is 0.365 e. The number of aromatic nitrogens is 2. The molecule has 6 rings (SSSR count). The fraction of sp³-hybridized carbons (Fsp3) is 0.269. The van der Waals surface area contributed by atoms with Gasteiger partial charge in [0.15, 0.2) is 0 Å². The second-order valence-corrected chi connectivity index (χ2v) is 9.10. The third-order valence-electron chi connectivity index (χ3n) is 7.39. The van der Waals surface area contributed by atoms with E-state index in [1.54, 1.807) is 6.20 Å². The van der Waals surface area contributed by atoms with Crippen molar-refractivity contribution in [1.29, 1.82) is 0 Å². The van der Waals surface area contributed by atoms with Crippen molar-refractivity contribution in [2.24, 2.45) is 11.1 Å². The molecular formula is C26H25N5O2. The number of primary amides is 1. The topological polar surface area (TPSA) is 93.2 Å². The van der Waals surface area contributed by atoms with Gasteiger partial charge in [-0.2, -0.15) is 0 Å². The molecule has 2 aliphatic heterocycles. The molecule has 4 heterocycles. The molecule has 166 valence electrons. The van der Waals surface area contributed by atoms with Gasteiger partial charge in [-0.05, 0) is 24.5 Å². The number of pyridine rings is 1. The summed E-state index contributed by atoms with van der Waals surface area (Å²) in [6.45, 7) is 1.98. The van der Waals surface area contributed by atoms with Crippen molar-refractivity contribution in [3.8, 4) is 0 Å². The molecule has 0 radical (unpaired) electrons. The SMILES string of the molecule is NC(=O)c1cncc2c3ccccc3n(N3CCC[C@]4(C3)C(=O)NC[C@@H]4c3ccccc3)c12. The minimum absolute atomic E-state index is 0.0966. The highest BCUT2D eigenvalue weighted by Crippen LogP contribution is 2.46. The Balaban J connectivity index is 1.54. The van der Waals surface area contributed by atoms with Gasteiger partial charge in [0.1, 0.15) is 0 Å². The van der Waals surface area contributed by atoms with Crippen LogP contribution in [0.25, 0.3) is 21.8 Å². The average molecular weight is 440 g/mol. The molecule has 3 N–H and O–H groups in total. The Morgan fingerprint density at radius 2 is 1.85 bits per heavy atom. The van der Waals surface area contributed by atoms with E-state index in [0.29, 0.717) is 18.7 Å². The van der Waals surface area contributed by atoms with Crippen LogP contribution in [0.1, 0.15) is 34.7 Å². The van der Waals surface area contributed by atoms with Crippen LogP contribution >= 0.6 is 0 Å². The van der Waals surface area contributed by atoms with Crippen molar-refractivity contribution in [3.05, 3.63) is 78.1 Å². The summed E-state index contributed by atoms with van der Waals surface area (Å²) >= 11 is 0. The fourth-order valence-corrected chi connectivity index (χ4v) is 5.91. The molecule has 2 saturated heterocycles. The molecule has 2 aromatic carbocycles. The second kappa shape index (κ2) is 7.33. The number of amides is 2. The van der Waals surface area contributed by atoms with Crippen LogP contribution in [-0.2, 0) is 4.79 Å². The number of nitrogens with zero attached hydrogens (tertiary/aromatic N) is 3. The third kappa shape index (κ3) is 2.85. The van der Waals surface area contributed by atoms with E-state index in [1.165, 1.54) is 11.8 Å². The van der Waals surface area contributed by atoms with Gasteiger partial charge in [-0.3, -0.25) is 19.2 Å². The van der Waals surface area contributed by atoms with E-state index in [0.717, 1.165) is 41.2 Å². The number of carbonyl (C=O) groups is 2. The smallest absolute Gasteiger partial charge is 0.252 e.